The number of rotatable bonds is 8. The van der Waals surface area contributed by atoms with Gasteiger partial charge in [-0.2, -0.15) is 0 Å². The Kier molecular flexibility index (Phi) is 13.3. The first-order chi connectivity index (χ1) is 22.5. The molecule has 12 heteroatoms. The highest BCUT2D eigenvalue weighted by Gasteiger charge is 2.31. The highest BCUT2D eigenvalue weighted by molar-refractivity contribution is 7.92. The van der Waals surface area contributed by atoms with E-state index in [-0.39, 0.29) is 59.5 Å². The van der Waals surface area contributed by atoms with Gasteiger partial charge < -0.3 is 29.7 Å². The van der Waals surface area contributed by atoms with E-state index in [0.29, 0.717) is 18.9 Å². The lowest BCUT2D eigenvalue weighted by molar-refractivity contribution is -0.0123. The fourth-order valence-electron chi connectivity index (χ4n) is 6.15. The molecule has 4 rings (SSSR count). The number of carbonyl (C=O) groups is 2. The number of nitrogens with one attached hydrogen (secondary N) is 2. The summed E-state index contributed by atoms with van der Waals surface area (Å²) in [5, 5.41) is 13.4. The van der Waals surface area contributed by atoms with E-state index in [0.717, 1.165) is 44.9 Å². The second-order valence-corrected chi connectivity index (χ2v) is 14.8. The van der Waals surface area contributed by atoms with Crippen LogP contribution in [0.5, 0.6) is 5.75 Å². The summed E-state index contributed by atoms with van der Waals surface area (Å²) in [5.74, 6) is -0.263. The molecule has 0 bridgehead atoms. The van der Waals surface area contributed by atoms with Gasteiger partial charge in [0, 0.05) is 44.4 Å². The Labute approximate surface area is 280 Å². The van der Waals surface area contributed by atoms with Crippen molar-refractivity contribution in [2.75, 3.05) is 38.1 Å². The molecule has 2 aliphatic rings. The van der Waals surface area contributed by atoms with Crippen molar-refractivity contribution in [3.8, 4) is 5.75 Å². The number of likely N-dealkylation sites (N-methyl/N-ethyl adjacent to an activating group) is 1. The third-order valence-electron chi connectivity index (χ3n) is 9.09. The molecule has 3 N–H and O–H groups in total. The van der Waals surface area contributed by atoms with Crippen molar-refractivity contribution in [3.63, 3.8) is 0 Å². The van der Waals surface area contributed by atoms with Crippen LogP contribution in [0.1, 0.15) is 82.5 Å². The summed E-state index contributed by atoms with van der Waals surface area (Å²) >= 11 is 0. The van der Waals surface area contributed by atoms with Crippen molar-refractivity contribution in [1.82, 2.24) is 15.1 Å². The predicted octanol–water partition coefficient (Wildman–Crippen LogP) is 5.26. The molecular weight excluding hydrogens is 620 g/mol. The van der Waals surface area contributed by atoms with Crippen LogP contribution in [0.3, 0.4) is 0 Å². The van der Waals surface area contributed by atoms with Crippen LogP contribution in [0.4, 0.5) is 10.5 Å². The predicted molar refractivity (Wildman–Crippen MR) is 182 cm³/mol. The van der Waals surface area contributed by atoms with Crippen LogP contribution in [0.25, 0.3) is 0 Å². The number of ether oxygens (including phenoxy) is 2. The summed E-state index contributed by atoms with van der Waals surface area (Å²) in [6.45, 7) is 6.49. The first-order valence-electron chi connectivity index (χ1n) is 16.9. The van der Waals surface area contributed by atoms with Crippen molar-refractivity contribution < 1.29 is 32.6 Å². The maximum atomic E-state index is 14.3. The number of anilines is 1. The van der Waals surface area contributed by atoms with Crippen LogP contribution in [0.2, 0.25) is 0 Å². The standard InChI is InChI=1S/C35H52N4O7S/c1-25-22-39(26(2)24-40)34(41)31-21-29(37-47(43,44)30-16-9-6-10-17-30)18-19-32(31)46-27(3)13-11-12-20-45-33(25)23-38(4)35(42)36-28-14-7-5-8-15-28/h6,9-10,16-19,21,25-28,33,37,40H,5,7-8,11-15,20,22-24H2,1-4H3,(H,36,42)/t25-,26-,27+,33+/m1/s1. The zero-order chi connectivity index (χ0) is 34.0. The molecule has 47 heavy (non-hydrogen) atoms. The Morgan fingerprint density at radius 3 is 2.45 bits per heavy atom. The number of nitrogens with zero attached hydrogens (tertiary/aromatic N) is 2. The molecule has 0 unspecified atom stereocenters. The summed E-state index contributed by atoms with van der Waals surface area (Å²) in [6, 6.07) is 12.2. The van der Waals surface area contributed by atoms with Crippen molar-refractivity contribution in [2.24, 2.45) is 5.92 Å². The van der Waals surface area contributed by atoms with E-state index in [1.54, 1.807) is 54.1 Å². The van der Waals surface area contributed by atoms with Crippen molar-refractivity contribution >= 4 is 27.6 Å². The fraction of sp³-hybridized carbons (Fsp3) is 0.600. The van der Waals surface area contributed by atoms with E-state index in [9.17, 15) is 23.1 Å². The topological polar surface area (TPSA) is 138 Å². The number of sulfonamides is 1. The zero-order valence-corrected chi connectivity index (χ0v) is 29.0. The summed E-state index contributed by atoms with van der Waals surface area (Å²) in [4.78, 5) is 30.8. The van der Waals surface area contributed by atoms with Gasteiger partial charge in [-0.15, -0.1) is 0 Å². The van der Waals surface area contributed by atoms with E-state index in [4.69, 9.17) is 9.47 Å². The summed E-state index contributed by atoms with van der Waals surface area (Å²) in [7, 11) is -2.14. The van der Waals surface area contributed by atoms with Gasteiger partial charge in [-0.25, -0.2) is 13.2 Å². The maximum Gasteiger partial charge on any atom is 0.317 e. The van der Waals surface area contributed by atoms with Crippen LogP contribution in [0, 0.1) is 5.92 Å². The van der Waals surface area contributed by atoms with Gasteiger partial charge in [-0.05, 0) is 76.3 Å². The van der Waals surface area contributed by atoms with Gasteiger partial charge in [0.2, 0.25) is 0 Å². The Balaban J connectivity index is 1.60. The van der Waals surface area contributed by atoms with Crippen LogP contribution >= 0.6 is 0 Å². The highest BCUT2D eigenvalue weighted by atomic mass is 32.2. The number of benzene rings is 2. The van der Waals surface area contributed by atoms with Gasteiger partial charge in [0.25, 0.3) is 15.9 Å². The van der Waals surface area contributed by atoms with Gasteiger partial charge in [-0.1, -0.05) is 44.4 Å². The molecule has 0 radical (unpaired) electrons. The SMILES string of the molecule is C[C@@H]1CN([C@H](C)CO)C(=O)c2cc(NS(=O)(=O)c3ccccc3)ccc2O[C@@H](C)CCCCO[C@H]1CN(C)C(=O)NC1CCCCC1. The van der Waals surface area contributed by atoms with E-state index in [1.807, 2.05) is 13.8 Å². The Hall–Kier alpha value is -3.35. The van der Waals surface area contributed by atoms with Gasteiger partial charge in [0.15, 0.2) is 0 Å². The van der Waals surface area contributed by atoms with Crippen LogP contribution in [-0.4, -0.2) is 92.9 Å². The van der Waals surface area contributed by atoms with E-state index >= 15 is 0 Å². The van der Waals surface area contributed by atoms with Crippen molar-refractivity contribution in [2.45, 2.75) is 101 Å². The molecule has 1 fully saturated rings. The smallest absolute Gasteiger partial charge is 0.317 e. The summed E-state index contributed by atoms with van der Waals surface area (Å²) in [5.41, 5.74) is 0.408. The molecule has 0 spiro atoms. The molecule has 0 saturated heterocycles. The quantitative estimate of drug-likeness (QED) is 0.348. The second-order valence-electron chi connectivity index (χ2n) is 13.1. The molecule has 3 amide bonds. The number of carbonyl (C=O) groups excluding carboxylic acids is 2. The van der Waals surface area contributed by atoms with E-state index < -0.39 is 22.0 Å². The zero-order valence-electron chi connectivity index (χ0n) is 28.2. The monoisotopic (exact) mass is 672 g/mol. The highest BCUT2D eigenvalue weighted by Crippen LogP contribution is 2.29. The Morgan fingerprint density at radius 1 is 1.04 bits per heavy atom. The van der Waals surface area contributed by atoms with Gasteiger partial charge in [-0.3, -0.25) is 9.52 Å². The molecule has 1 saturated carbocycles. The van der Waals surface area contributed by atoms with Crippen LogP contribution < -0.4 is 14.8 Å². The number of amides is 3. The number of fused-ring (bicyclic) bond motifs is 1. The largest absolute Gasteiger partial charge is 0.490 e. The minimum atomic E-state index is -3.91. The summed E-state index contributed by atoms with van der Waals surface area (Å²) < 4.78 is 41.4. The van der Waals surface area contributed by atoms with E-state index in [1.165, 1.54) is 24.6 Å². The second kappa shape index (κ2) is 17.2. The molecule has 2 aromatic carbocycles. The Bertz CT molecular complexity index is 1420. The number of hydrogen-bond acceptors (Lipinski definition) is 7. The molecule has 2 aromatic rings. The normalized spacial score (nSPS) is 22.7. The molecule has 11 nitrogen and oxygen atoms in total. The number of aliphatic hydroxyl groups is 1. The number of aliphatic hydroxyl groups excluding tert-OH is 1. The minimum Gasteiger partial charge on any atom is -0.490 e. The number of hydrogen-bond donors (Lipinski definition) is 3. The molecule has 260 valence electrons. The minimum absolute atomic E-state index is 0.101. The molecule has 4 atom stereocenters. The molecule has 0 aromatic heterocycles. The van der Waals surface area contributed by atoms with Crippen LogP contribution in [0.15, 0.2) is 53.4 Å². The molecule has 1 aliphatic carbocycles. The lowest BCUT2D eigenvalue weighted by Crippen LogP contribution is -2.50. The molecule has 1 aliphatic heterocycles. The van der Waals surface area contributed by atoms with Crippen molar-refractivity contribution in [3.05, 3.63) is 54.1 Å². The van der Waals surface area contributed by atoms with Crippen LogP contribution in [-0.2, 0) is 14.8 Å². The summed E-state index contributed by atoms with van der Waals surface area (Å²) in [6.07, 6.45) is 7.22. The van der Waals surface area contributed by atoms with Gasteiger partial charge >= 0.3 is 6.03 Å². The van der Waals surface area contributed by atoms with E-state index in [2.05, 4.69) is 10.0 Å². The maximum absolute atomic E-state index is 14.3. The lowest BCUT2D eigenvalue weighted by atomic mass is 9.96. The first-order valence-corrected chi connectivity index (χ1v) is 18.4. The molecular formula is C35H52N4O7S. The number of urea groups is 1. The van der Waals surface area contributed by atoms with Gasteiger partial charge in [0.05, 0.1) is 35.3 Å². The molecule has 1 heterocycles. The fourth-order valence-corrected chi connectivity index (χ4v) is 7.22. The van der Waals surface area contributed by atoms with Gasteiger partial charge in [0.1, 0.15) is 5.75 Å². The lowest BCUT2D eigenvalue weighted by Gasteiger charge is -2.36. The van der Waals surface area contributed by atoms with Crippen molar-refractivity contribution in [1.29, 1.82) is 0 Å². The average molecular weight is 673 g/mol. The first kappa shape index (κ1) is 36.5. The Morgan fingerprint density at radius 2 is 1.74 bits per heavy atom. The average Bonchev–Trinajstić information content (AvgIpc) is 3.06. The third-order valence-corrected chi connectivity index (χ3v) is 10.5. The third kappa shape index (κ3) is 10.3.